The summed E-state index contributed by atoms with van der Waals surface area (Å²) >= 11 is 1.24. The standard InChI is InChI=1S/C26H21N3O3S2/c1-18-11-13-19(14-12-18)24-17-33-26(28-24)23(16-27)25(30)20-7-6-10-22(15-20)34(31,32)29(2)21-8-4-3-5-9-21/h3-15,17,23H,1-2H3/t23-/m0/s1. The summed E-state index contributed by atoms with van der Waals surface area (Å²) in [6.07, 6.45) is 0. The number of carbonyl (C=O) groups excluding carboxylic acids is 1. The maximum absolute atomic E-state index is 13.2. The molecule has 0 aliphatic rings. The molecule has 8 heteroatoms. The fourth-order valence-corrected chi connectivity index (χ4v) is 5.52. The average Bonchev–Trinajstić information content (AvgIpc) is 3.35. The van der Waals surface area contributed by atoms with E-state index in [2.05, 4.69) is 4.98 Å². The summed E-state index contributed by atoms with van der Waals surface area (Å²) in [6, 6.07) is 24.3. The fraction of sp³-hybridized carbons (Fsp3) is 0.115. The number of aromatic nitrogens is 1. The van der Waals surface area contributed by atoms with Gasteiger partial charge in [-0.25, -0.2) is 13.4 Å². The van der Waals surface area contributed by atoms with Crippen LogP contribution < -0.4 is 4.31 Å². The minimum Gasteiger partial charge on any atom is -0.292 e. The molecular formula is C26H21N3O3S2. The van der Waals surface area contributed by atoms with E-state index in [4.69, 9.17) is 0 Å². The largest absolute Gasteiger partial charge is 0.292 e. The average molecular weight is 488 g/mol. The van der Waals surface area contributed by atoms with Gasteiger partial charge in [-0.2, -0.15) is 5.26 Å². The second-order valence-electron chi connectivity index (χ2n) is 7.70. The van der Waals surface area contributed by atoms with Gasteiger partial charge in [-0.3, -0.25) is 9.10 Å². The van der Waals surface area contributed by atoms with Crippen molar-refractivity contribution in [3.63, 3.8) is 0 Å². The number of carbonyl (C=O) groups is 1. The van der Waals surface area contributed by atoms with Gasteiger partial charge >= 0.3 is 0 Å². The lowest BCUT2D eigenvalue weighted by Crippen LogP contribution is -2.26. The van der Waals surface area contributed by atoms with E-state index in [1.807, 2.05) is 42.6 Å². The van der Waals surface area contributed by atoms with E-state index in [1.165, 1.54) is 42.6 Å². The van der Waals surface area contributed by atoms with Crippen LogP contribution in [0, 0.1) is 18.3 Å². The molecule has 0 radical (unpaired) electrons. The molecule has 6 nitrogen and oxygen atoms in total. The zero-order valence-corrected chi connectivity index (χ0v) is 20.2. The molecular weight excluding hydrogens is 466 g/mol. The number of nitriles is 1. The lowest BCUT2D eigenvalue weighted by Gasteiger charge is -2.19. The maximum atomic E-state index is 13.2. The Morgan fingerprint density at radius 3 is 2.41 bits per heavy atom. The number of rotatable bonds is 7. The van der Waals surface area contributed by atoms with E-state index in [0.717, 1.165) is 15.4 Å². The van der Waals surface area contributed by atoms with Gasteiger partial charge in [0.1, 0.15) is 5.01 Å². The smallest absolute Gasteiger partial charge is 0.264 e. The normalized spacial score (nSPS) is 12.0. The van der Waals surface area contributed by atoms with Crippen molar-refractivity contribution in [3.8, 4) is 17.3 Å². The van der Waals surface area contributed by atoms with Crippen LogP contribution in [-0.4, -0.2) is 26.2 Å². The van der Waals surface area contributed by atoms with Gasteiger partial charge in [0, 0.05) is 23.6 Å². The third-order valence-electron chi connectivity index (χ3n) is 5.40. The van der Waals surface area contributed by atoms with Crippen molar-refractivity contribution in [2.45, 2.75) is 17.7 Å². The van der Waals surface area contributed by atoms with Crippen LogP contribution in [0.25, 0.3) is 11.3 Å². The van der Waals surface area contributed by atoms with Crippen molar-refractivity contribution in [3.05, 3.63) is 100 Å². The molecule has 0 saturated carbocycles. The Labute approximate surface area is 202 Å². The number of benzene rings is 3. The predicted octanol–water partition coefficient (Wildman–Crippen LogP) is 5.43. The summed E-state index contributed by atoms with van der Waals surface area (Å²) in [4.78, 5) is 17.7. The Hall–Kier alpha value is -3.80. The highest BCUT2D eigenvalue weighted by molar-refractivity contribution is 7.92. The van der Waals surface area contributed by atoms with Gasteiger partial charge in [0.15, 0.2) is 11.7 Å². The van der Waals surface area contributed by atoms with Crippen molar-refractivity contribution in [1.82, 2.24) is 4.98 Å². The van der Waals surface area contributed by atoms with Crippen LogP contribution in [0.15, 0.2) is 89.1 Å². The van der Waals surface area contributed by atoms with E-state index in [9.17, 15) is 18.5 Å². The number of aryl methyl sites for hydroxylation is 1. The van der Waals surface area contributed by atoms with Crippen LogP contribution in [-0.2, 0) is 10.0 Å². The fourth-order valence-electron chi connectivity index (χ4n) is 3.41. The molecule has 0 N–H and O–H groups in total. The van der Waals surface area contributed by atoms with Crippen LogP contribution >= 0.6 is 11.3 Å². The summed E-state index contributed by atoms with van der Waals surface area (Å²) in [5.74, 6) is -1.62. The van der Waals surface area contributed by atoms with Crippen LogP contribution in [0.2, 0.25) is 0 Å². The molecule has 4 rings (SSSR count). The second-order valence-corrected chi connectivity index (χ2v) is 10.6. The topological polar surface area (TPSA) is 91.1 Å². The van der Waals surface area contributed by atoms with E-state index in [-0.39, 0.29) is 10.5 Å². The number of sulfonamides is 1. The van der Waals surface area contributed by atoms with Gasteiger partial charge in [0.25, 0.3) is 10.0 Å². The Bertz CT molecular complexity index is 1470. The molecule has 0 aliphatic heterocycles. The molecule has 0 aliphatic carbocycles. The molecule has 4 aromatic rings. The summed E-state index contributed by atoms with van der Waals surface area (Å²) in [6.45, 7) is 1.99. The first-order chi connectivity index (χ1) is 16.3. The Morgan fingerprint density at radius 1 is 1.03 bits per heavy atom. The summed E-state index contributed by atoms with van der Waals surface area (Å²) < 4.78 is 27.4. The zero-order valence-electron chi connectivity index (χ0n) is 18.5. The lowest BCUT2D eigenvalue weighted by atomic mass is 9.99. The van der Waals surface area contributed by atoms with Crippen LogP contribution in [0.4, 0.5) is 5.69 Å². The minimum atomic E-state index is -3.90. The van der Waals surface area contributed by atoms with Crippen molar-refractivity contribution in [2.24, 2.45) is 0 Å². The maximum Gasteiger partial charge on any atom is 0.264 e. The first-order valence-corrected chi connectivity index (χ1v) is 12.7. The van der Waals surface area contributed by atoms with E-state index >= 15 is 0 Å². The zero-order chi connectivity index (χ0) is 24.3. The quantitative estimate of drug-likeness (QED) is 0.324. The number of Topliss-reactive ketones (excluding diaryl/α,β-unsaturated/α-hetero) is 1. The van der Waals surface area contributed by atoms with E-state index < -0.39 is 21.7 Å². The molecule has 34 heavy (non-hydrogen) atoms. The highest BCUT2D eigenvalue weighted by Gasteiger charge is 2.28. The SMILES string of the molecule is Cc1ccc(-c2csc([C@@H](C#N)C(=O)c3cccc(S(=O)(=O)N(C)c4ccccc4)c3)n2)cc1. The molecule has 0 unspecified atom stereocenters. The summed E-state index contributed by atoms with van der Waals surface area (Å²) in [5, 5.41) is 11.9. The van der Waals surface area contributed by atoms with Crippen molar-refractivity contribution in [2.75, 3.05) is 11.4 Å². The van der Waals surface area contributed by atoms with Gasteiger partial charge in [-0.05, 0) is 31.2 Å². The molecule has 1 atom stereocenters. The number of para-hydroxylation sites is 1. The number of ketones is 1. The molecule has 0 amide bonds. The third kappa shape index (κ3) is 4.62. The van der Waals surface area contributed by atoms with Crippen LogP contribution in [0.3, 0.4) is 0 Å². The van der Waals surface area contributed by atoms with E-state index in [1.54, 1.807) is 30.3 Å². The number of nitrogens with zero attached hydrogens (tertiary/aromatic N) is 3. The van der Waals surface area contributed by atoms with Gasteiger partial charge < -0.3 is 0 Å². The first-order valence-electron chi connectivity index (χ1n) is 10.4. The van der Waals surface area contributed by atoms with Crippen LogP contribution in [0.1, 0.15) is 26.8 Å². The second kappa shape index (κ2) is 9.59. The first kappa shape index (κ1) is 23.4. The molecule has 1 heterocycles. The van der Waals surface area contributed by atoms with Crippen molar-refractivity contribution < 1.29 is 13.2 Å². The van der Waals surface area contributed by atoms with Gasteiger partial charge in [-0.15, -0.1) is 11.3 Å². The third-order valence-corrected chi connectivity index (χ3v) is 8.10. The number of hydrogen-bond donors (Lipinski definition) is 0. The van der Waals surface area contributed by atoms with Crippen LogP contribution in [0.5, 0.6) is 0 Å². The molecule has 0 bridgehead atoms. The monoisotopic (exact) mass is 487 g/mol. The highest BCUT2D eigenvalue weighted by Crippen LogP contribution is 2.30. The number of hydrogen-bond acceptors (Lipinski definition) is 6. The van der Waals surface area contributed by atoms with E-state index in [0.29, 0.717) is 16.4 Å². The van der Waals surface area contributed by atoms with Gasteiger partial charge in [0.05, 0.1) is 22.3 Å². The van der Waals surface area contributed by atoms with Crippen molar-refractivity contribution in [1.29, 1.82) is 5.26 Å². The molecule has 0 saturated heterocycles. The van der Waals surface area contributed by atoms with Crippen molar-refractivity contribution >= 4 is 32.8 Å². The Balaban J connectivity index is 1.62. The molecule has 170 valence electrons. The highest BCUT2D eigenvalue weighted by atomic mass is 32.2. The predicted molar refractivity (Wildman–Crippen MR) is 133 cm³/mol. The minimum absolute atomic E-state index is 0.0270. The number of anilines is 1. The van der Waals surface area contributed by atoms with Gasteiger partial charge in [0.2, 0.25) is 0 Å². The summed E-state index contributed by atoms with van der Waals surface area (Å²) in [7, 11) is -2.44. The molecule has 3 aromatic carbocycles. The Kier molecular flexibility index (Phi) is 6.59. The molecule has 1 aromatic heterocycles. The molecule has 0 spiro atoms. The Morgan fingerprint density at radius 2 is 1.74 bits per heavy atom. The number of thiazole rings is 1. The van der Waals surface area contributed by atoms with Gasteiger partial charge in [-0.1, -0.05) is 60.2 Å². The summed E-state index contributed by atoms with van der Waals surface area (Å²) in [5.41, 5.74) is 3.35. The lowest BCUT2D eigenvalue weighted by molar-refractivity contribution is 0.0978. The molecule has 0 fully saturated rings.